The lowest BCUT2D eigenvalue weighted by Gasteiger charge is -2.06. The monoisotopic (exact) mass is 260 g/mol. The second-order valence-corrected chi connectivity index (χ2v) is 4.24. The maximum Gasteiger partial charge on any atom is 0.375 e. The molecule has 86 valence electrons. The molecule has 0 aliphatic rings. The van der Waals surface area contributed by atoms with Gasteiger partial charge in [-0.3, -0.25) is 4.79 Å². The van der Waals surface area contributed by atoms with Gasteiger partial charge in [-0.25, -0.2) is 4.79 Å². The van der Waals surface area contributed by atoms with Crippen molar-refractivity contribution in [1.82, 2.24) is 4.90 Å². The van der Waals surface area contributed by atoms with Crippen molar-refractivity contribution in [1.29, 1.82) is 0 Å². The average molecular weight is 261 g/mol. The van der Waals surface area contributed by atoms with E-state index in [2.05, 4.69) is 9.99 Å². The van der Waals surface area contributed by atoms with Crippen molar-refractivity contribution < 1.29 is 14.4 Å². The van der Waals surface area contributed by atoms with Crippen LogP contribution in [0.25, 0.3) is 0 Å². The molecule has 1 aromatic heterocycles. The van der Waals surface area contributed by atoms with Gasteiger partial charge in [-0.15, -0.1) is 11.3 Å². The van der Waals surface area contributed by atoms with Crippen molar-refractivity contribution in [3.63, 3.8) is 0 Å². The van der Waals surface area contributed by atoms with Crippen molar-refractivity contribution in [2.45, 2.75) is 0 Å². The molecule has 0 fully saturated rings. The Labute approximate surface area is 101 Å². The molecule has 0 atom stereocenters. The Bertz CT molecular complexity index is 414. The highest BCUT2D eigenvalue weighted by atomic mass is 35.5. The highest BCUT2D eigenvalue weighted by Gasteiger charge is 2.13. The van der Waals surface area contributed by atoms with Crippen molar-refractivity contribution in [3.05, 3.63) is 22.4 Å². The lowest BCUT2D eigenvalue weighted by atomic mass is 10.5. The second kappa shape index (κ2) is 5.62. The van der Waals surface area contributed by atoms with E-state index in [-0.39, 0.29) is 0 Å². The first-order valence-corrected chi connectivity index (χ1v) is 5.48. The molecule has 0 aromatic carbocycles. The van der Waals surface area contributed by atoms with Gasteiger partial charge < -0.3 is 9.74 Å². The third-order valence-corrected chi connectivity index (χ3v) is 2.59. The summed E-state index contributed by atoms with van der Waals surface area (Å²) in [5.74, 6) is -1.17. The van der Waals surface area contributed by atoms with Crippen LogP contribution in [0, 0.1) is 0 Å². The molecular formula is C9H9ClN2O3S. The van der Waals surface area contributed by atoms with Crippen LogP contribution in [0.5, 0.6) is 0 Å². The van der Waals surface area contributed by atoms with Crippen LogP contribution < -0.4 is 0 Å². The number of carbonyl (C=O) groups is 2. The molecule has 1 rings (SSSR count). The first kappa shape index (κ1) is 12.7. The summed E-state index contributed by atoms with van der Waals surface area (Å²) in [6, 6.07) is 3.29. The molecular weight excluding hydrogens is 252 g/mol. The number of amides is 1. The summed E-state index contributed by atoms with van der Waals surface area (Å²) in [6.07, 6.45) is 0. The fourth-order valence-electron chi connectivity index (χ4n) is 0.745. The Hall–Kier alpha value is -1.40. The first-order valence-electron chi connectivity index (χ1n) is 4.22. The molecule has 0 saturated carbocycles. The number of carbonyl (C=O) groups excluding carboxylic acids is 2. The normalized spacial score (nSPS) is 11.1. The fourth-order valence-corrected chi connectivity index (χ4v) is 1.54. The minimum Gasteiger partial charge on any atom is -0.343 e. The van der Waals surface area contributed by atoms with Crippen LogP contribution in [-0.2, 0) is 9.63 Å². The number of halogens is 1. The first-order chi connectivity index (χ1) is 7.52. The summed E-state index contributed by atoms with van der Waals surface area (Å²) in [5, 5.41) is 4.58. The van der Waals surface area contributed by atoms with Crippen LogP contribution in [0.1, 0.15) is 9.67 Å². The Balaban J connectivity index is 2.60. The van der Waals surface area contributed by atoms with Crippen LogP contribution in [0.3, 0.4) is 0 Å². The van der Waals surface area contributed by atoms with Gasteiger partial charge in [-0.1, -0.05) is 22.8 Å². The Kier molecular flexibility index (Phi) is 4.45. The van der Waals surface area contributed by atoms with Gasteiger partial charge in [-0.05, 0) is 11.4 Å². The highest BCUT2D eigenvalue weighted by Crippen LogP contribution is 2.10. The molecule has 0 aliphatic heterocycles. The quantitative estimate of drug-likeness (QED) is 0.471. The second-order valence-electron chi connectivity index (χ2n) is 2.94. The van der Waals surface area contributed by atoms with E-state index in [0.717, 1.165) is 0 Å². The zero-order valence-electron chi connectivity index (χ0n) is 8.64. The number of hydrogen-bond donors (Lipinski definition) is 0. The van der Waals surface area contributed by atoms with E-state index in [0.29, 0.717) is 4.88 Å². The van der Waals surface area contributed by atoms with Crippen LogP contribution in [0.4, 0.5) is 0 Å². The summed E-state index contributed by atoms with van der Waals surface area (Å²) in [4.78, 5) is 28.6. The summed E-state index contributed by atoms with van der Waals surface area (Å²) in [5.41, 5.74) is 0. The van der Waals surface area contributed by atoms with Gasteiger partial charge in [0.2, 0.25) is 5.17 Å². The highest BCUT2D eigenvalue weighted by molar-refractivity contribution is 7.11. The molecule has 1 amide bonds. The minimum atomic E-state index is -0.639. The van der Waals surface area contributed by atoms with E-state index in [4.69, 9.17) is 11.6 Å². The Morgan fingerprint density at radius 1 is 1.50 bits per heavy atom. The zero-order chi connectivity index (χ0) is 12.1. The summed E-state index contributed by atoms with van der Waals surface area (Å²) >= 11 is 6.73. The smallest absolute Gasteiger partial charge is 0.343 e. The van der Waals surface area contributed by atoms with E-state index in [9.17, 15) is 9.59 Å². The number of nitrogens with zero attached hydrogens (tertiary/aromatic N) is 2. The van der Waals surface area contributed by atoms with Crippen molar-refractivity contribution in [3.8, 4) is 0 Å². The van der Waals surface area contributed by atoms with Crippen LogP contribution in [-0.4, -0.2) is 36.0 Å². The van der Waals surface area contributed by atoms with Gasteiger partial charge in [0.25, 0.3) is 5.91 Å². The number of hydrogen-bond acceptors (Lipinski definition) is 5. The molecule has 16 heavy (non-hydrogen) atoms. The Morgan fingerprint density at radius 3 is 2.69 bits per heavy atom. The van der Waals surface area contributed by atoms with Gasteiger partial charge in [0.15, 0.2) is 0 Å². The fraction of sp³-hybridized carbons (Fsp3) is 0.222. The predicted octanol–water partition coefficient (Wildman–Crippen LogP) is 1.55. The predicted molar refractivity (Wildman–Crippen MR) is 61.7 cm³/mol. The molecule has 5 nitrogen and oxygen atoms in total. The molecule has 0 bridgehead atoms. The molecule has 7 heteroatoms. The van der Waals surface area contributed by atoms with E-state index in [1.165, 1.54) is 30.3 Å². The maximum atomic E-state index is 11.3. The van der Waals surface area contributed by atoms with Crippen LogP contribution in [0.15, 0.2) is 22.7 Å². The molecule has 0 unspecified atom stereocenters. The average Bonchev–Trinajstić information content (AvgIpc) is 2.77. The molecule has 0 N–H and O–H groups in total. The van der Waals surface area contributed by atoms with Crippen molar-refractivity contribution in [2.75, 3.05) is 14.1 Å². The molecule has 0 radical (unpaired) electrons. The molecule has 0 aliphatic carbocycles. The van der Waals surface area contributed by atoms with E-state index in [1.807, 2.05) is 0 Å². The van der Waals surface area contributed by atoms with E-state index < -0.39 is 17.0 Å². The maximum absolute atomic E-state index is 11.3. The van der Waals surface area contributed by atoms with Gasteiger partial charge in [0, 0.05) is 14.1 Å². The topological polar surface area (TPSA) is 59.0 Å². The molecule has 0 spiro atoms. The SMILES string of the molecule is CN(C)C(=O)/C(Cl)=N/OC(=O)c1cccs1. The largest absolute Gasteiger partial charge is 0.375 e. The van der Waals surface area contributed by atoms with Crippen LogP contribution in [0.2, 0.25) is 0 Å². The molecule has 1 heterocycles. The van der Waals surface area contributed by atoms with Crippen molar-refractivity contribution in [2.24, 2.45) is 5.16 Å². The number of rotatable bonds is 3. The van der Waals surface area contributed by atoms with E-state index >= 15 is 0 Å². The van der Waals surface area contributed by atoms with E-state index in [1.54, 1.807) is 17.5 Å². The molecule has 0 saturated heterocycles. The number of thiophene rings is 1. The summed E-state index contributed by atoms with van der Waals surface area (Å²) < 4.78 is 0. The van der Waals surface area contributed by atoms with Gasteiger partial charge in [0.05, 0.1) is 0 Å². The van der Waals surface area contributed by atoms with Gasteiger partial charge >= 0.3 is 5.97 Å². The van der Waals surface area contributed by atoms with Gasteiger partial charge in [-0.2, -0.15) is 0 Å². The number of oxime groups is 1. The zero-order valence-corrected chi connectivity index (χ0v) is 10.2. The van der Waals surface area contributed by atoms with Crippen molar-refractivity contribution >= 4 is 40.0 Å². The lowest BCUT2D eigenvalue weighted by molar-refractivity contribution is -0.121. The molecule has 1 aromatic rings. The van der Waals surface area contributed by atoms with Crippen LogP contribution >= 0.6 is 22.9 Å². The summed E-state index contributed by atoms with van der Waals surface area (Å²) in [6.45, 7) is 0. The Morgan fingerprint density at radius 2 is 2.19 bits per heavy atom. The third-order valence-electron chi connectivity index (χ3n) is 1.51. The standard InChI is InChI=1S/C9H9ClN2O3S/c1-12(2)8(13)7(10)11-15-9(14)6-4-3-5-16-6/h3-5H,1-2H3/b11-7-. The minimum absolute atomic E-state index is 0.394. The summed E-state index contributed by atoms with van der Waals surface area (Å²) in [7, 11) is 3.03. The third kappa shape index (κ3) is 3.32. The lowest BCUT2D eigenvalue weighted by Crippen LogP contribution is -2.27. The van der Waals surface area contributed by atoms with Gasteiger partial charge in [0.1, 0.15) is 4.88 Å².